The van der Waals surface area contributed by atoms with E-state index in [1.165, 1.54) is 16.7 Å². The molecule has 0 unspecified atom stereocenters. The summed E-state index contributed by atoms with van der Waals surface area (Å²) in [5.41, 5.74) is 0.986. The summed E-state index contributed by atoms with van der Waals surface area (Å²) in [6.45, 7) is 0.470. The molecule has 0 saturated carbocycles. The molecule has 0 aliphatic heterocycles. The number of hydrogen-bond donors (Lipinski definition) is 2. The van der Waals surface area contributed by atoms with Crippen LogP contribution in [0.1, 0.15) is 5.56 Å². The van der Waals surface area contributed by atoms with Crippen LogP contribution in [0.25, 0.3) is 0 Å². The second kappa shape index (κ2) is 5.68. The van der Waals surface area contributed by atoms with E-state index in [9.17, 15) is 4.79 Å². The molecule has 2 rings (SSSR count). The van der Waals surface area contributed by atoms with Gasteiger partial charge in [0.25, 0.3) is 0 Å². The van der Waals surface area contributed by atoms with Crippen LogP contribution in [-0.2, 0) is 6.54 Å². The predicted molar refractivity (Wildman–Crippen MR) is 78.8 cm³/mol. The zero-order valence-electron chi connectivity index (χ0n) is 9.45. The van der Waals surface area contributed by atoms with Gasteiger partial charge in [0, 0.05) is 15.8 Å². The zero-order chi connectivity index (χ0) is 13.1. The molecule has 0 bridgehead atoms. The second-order valence-corrected chi connectivity index (χ2v) is 5.18. The minimum atomic E-state index is -1.61. The standard InChI is InChI=1S/C12H11BINO3/c14-11-3-1-2-9(6-11)8-15-5-4-10(13(17)18)7-12(15)16/h1-7,17-18H,8H2. The van der Waals surface area contributed by atoms with Gasteiger partial charge in [0.2, 0.25) is 5.56 Å². The molecule has 0 amide bonds. The van der Waals surface area contributed by atoms with E-state index in [0.717, 1.165) is 9.13 Å². The first-order valence-electron chi connectivity index (χ1n) is 5.37. The number of nitrogens with zero attached hydrogens (tertiary/aromatic N) is 1. The van der Waals surface area contributed by atoms with E-state index in [4.69, 9.17) is 10.0 Å². The lowest BCUT2D eigenvalue weighted by atomic mass is 9.81. The summed E-state index contributed by atoms with van der Waals surface area (Å²) in [5, 5.41) is 17.9. The van der Waals surface area contributed by atoms with E-state index in [2.05, 4.69) is 22.6 Å². The molecule has 1 aromatic heterocycles. The maximum Gasteiger partial charge on any atom is 0.488 e. The highest BCUT2D eigenvalue weighted by Gasteiger charge is 2.11. The van der Waals surface area contributed by atoms with Gasteiger partial charge in [0.05, 0.1) is 6.54 Å². The Bertz CT molecular complexity index is 612. The van der Waals surface area contributed by atoms with Crippen molar-refractivity contribution in [3.05, 3.63) is 62.1 Å². The van der Waals surface area contributed by atoms with E-state index < -0.39 is 7.12 Å². The van der Waals surface area contributed by atoms with E-state index >= 15 is 0 Å². The van der Waals surface area contributed by atoms with Crippen molar-refractivity contribution >= 4 is 35.2 Å². The fourth-order valence-corrected chi connectivity index (χ4v) is 2.25. The average molecular weight is 355 g/mol. The van der Waals surface area contributed by atoms with Crippen molar-refractivity contribution in [3.8, 4) is 0 Å². The van der Waals surface area contributed by atoms with Crippen LogP contribution in [0.15, 0.2) is 47.4 Å². The molecular formula is C12H11BINO3. The van der Waals surface area contributed by atoms with Crippen molar-refractivity contribution in [1.82, 2.24) is 4.57 Å². The Balaban J connectivity index is 2.28. The molecule has 0 fully saturated rings. The Morgan fingerprint density at radius 3 is 2.61 bits per heavy atom. The van der Waals surface area contributed by atoms with Crippen LogP contribution in [0.4, 0.5) is 0 Å². The van der Waals surface area contributed by atoms with Crippen LogP contribution in [0.3, 0.4) is 0 Å². The van der Waals surface area contributed by atoms with Gasteiger partial charge in [-0.1, -0.05) is 12.1 Å². The Labute approximate surface area is 118 Å². The van der Waals surface area contributed by atoms with Gasteiger partial charge >= 0.3 is 7.12 Å². The predicted octanol–water partition coefficient (Wildman–Crippen LogP) is 0.181. The van der Waals surface area contributed by atoms with Crippen molar-refractivity contribution in [3.63, 3.8) is 0 Å². The van der Waals surface area contributed by atoms with Gasteiger partial charge in [-0.15, -0.1) is 0 Å². The van der Waals surface area contributed by atoms with Crippen molar-refractivity contribution in [2.45, 2.75) is 6.54 Å². The SMILES string of the molecule is O=c1cc(B(O)O)ccn1Cc1cccc(I)c1. The minimum Gasteiger partial charge on any atom is -0.423 e. The van der Waals surface area contributed by atoms with Crippen molar-refractivity contribution in [2.24, 2.45) is 0 Å². The van der Waals surface area contributed by atoms with E-state index in [-0.39, 0.29) is 11.0 Å². The maximum absolute atomic E-state index is 11.8. The van der Waals surface area contributed by atoms with E-state index in [1.807, 2.05) is 24.3 Å². The van der Waals surface area contributed by atoms with Crippen molar-refractivity contribution in [1.29, 1.82) is 0 Å². The monoisotopic (exact) mass is 355 g/mol. The molecule has 92 valence electrons. The van der Waals surface area contributed by atoms with Crippen LogP contribution in [0, 0.1) is 3.57 Å². The normalized spacial score (nSPS) is 10.4. The second-order valence-electron chi connectivity index (χ2n) is 3.93. The van der Waals surface area contributed by atoms with Gasteiger partial charge in [-0.05, 0) is 51.8 Å². The highest BCUT2D eigenvalue weighted by atomic mass is 127. The topological polar surface area (TPSA) is 62.5 Å². The smallest absolute Gasteiger partial charge is 0.423 e. The lowest BCUT2D eigenvalue weighted by Gasteiger charge is -2.07. The molecule has 0 saturated heterocycles. The number of hydrogen-bond acceptors (Lipinski definition) is 3. The summed E-state index contributed by atoms with van der Waals surface area (Å²) in [7, 11) is -1.61. The van der Waals surface area contributed by atoms with E-state index in [1.54, 1.807) is 6.20 Å². The first-order valence-corrected chi connectivity index (χ1v) is 6.45. The average Bonchev–Trinajstić information content (AvgIpc) is 2.31. The lowest BCUT2D eigenvalue weighted by molar-refractivity contribution is 0.425. The molecule has 2 aromatic rings. The van der Waals surface area contributed by atoms with Gasteiger partial charge in [-0.25, -0.2) is 0 Å². The molecule has 0 radical (unpaired) electrons. The Morgan fingerprint density at radius 2 is 2.00 bits per heavy atom. The number of benzene rings is 1. The Kier molecular flexibility index (Phi) is 4.21. The molecular weight excluding hydrogens is 344 g/mol. The molecule has 6 heteroatoms. The molecule has 0 atom stereocenters. The first-order chi connectivity index (χ1) is 8.56. The first kappa shape index (κ1) is 13.3. The molecule has 0 aliphatic carbocycles. The number of rotatable bonds is 3. The minimum absolute atomic E-state index is 0.207. The number of halogens is 1. The van der Waals surface area contributed by atoms with Crippen LogP contribution in [-0.4, -0.2) is 21.7 Å². The third-order valence-electron chi connectivity index (χ3n) is 2.56. The fraction of sp³-hybridized carbons (Fsp3) is 0.0833. The molecule has 0 aliphatic rings. The van der Waals surface area contributed by atoms with Crippen LogP contribution >= 0.6 is 22.6 Å². The van der Waals surface area contributed by atoms with E-state index in [0.29, 0.717) is 6.54 Å². The zero-order valence-corrected chi connectivity index (χ0v) is 11.6. The summed E-state index contributed by atoms with van der Waals surface area (Å²) in [4.78, 5) is 11.8. The summed E-state index contributed by atoms with van der Waals surface area (Å²) in [6, 6.07) is 10.6. The van der Waals surface area contributed by atoms with Gasteiger partial charge in [0.15, 0.2) is 0 Å². The van der Waals surface area contributed by atoms with Gasteiger partial charge in [-0.2, -0.15) is 0 Å². The lowest BCUT2D eigenvalue weighted by Crippen LogP contribution is -2.35. The summed E-state index contributed by atoms with van der Waals surface area (Å²) < 4.78 is 2.64. The van der Waals surface area contributed by atoms with Gasteiger partial charge < -0.3 is 14.6 Å². The third-order valence-corrected chi connectivity index (χ3v) is 3.23. The molecule has 0 spiro atoms. The summed E-state index contributed by atoms with van der Waals surface area (Å²) in [6.07, 6.45) is 1.57. The summed E-state index contributed by atoms with van der Waals surface area (Å²) >= 11 is 2.22. The molecule has 1 aromatic carbocycles. The molecule has 18 heavy (non-hydrogen) atoms. The quantitative estimate of drug-likeness (QED) is 0.610. The van der Waals surface area contributed by atoms with Crippen molar-refractivity contribution < 1.29 is 10.0 Å². The maximum atomic E-state index is 11.8. The fourth-order valence-electron chi connectivity index (χ4n) is 1.65. The highest BCUT2D eigenvalue weighted by molar-refractivity contribution is 14.1. The summed E-state index contributed by atoms with van der Waals surface area (Å²) in [5.74, 6) is 0. The third kappa shape index (κ3) is 3.21. The Morgan fingerprint density at radius 1 is 1.22 bits per heavy atom. The van der Waals surface area contributed by atoms with Crippen molar-refractivity contribution in [2.75, 3.05) is 0 Å². The Hall–Kier alpha value is -1.12. The van der Waals surface area contributed by atoms with Gasteiger partial charge in [0.1, 0.15) is 0 Å². The van der Waals surface area contributed by atoms with Gasteiger partial charge in [-0.3, -0.25) is 4.79 Å². The van der Waals surface area contributed by atoms with Crippen LogP contribution in [0.2, 0.25) is 0 Å². The van der Waals surface area contributed by atoms with Crippen LogP contribution in [0.5, 0.6) is 0 Å². The van der Waals surface area contributed by atoms with Crippen LogP contribution < -0.4 is 11.0 Å². The highest BCUT2D eigenvalue weighted by Crippen LogP contribution is 2.08. The molecule has 1 heterocycles. The molecule has 4 nitrogen and oxygen atoms in total. The number of aromatic nitrogens is 1. The molecule has 2 N–H and O–H groups in total. The largest absolute Gasteiger partial charge is 0.488 e. The number of pyridine rings is 1.